The SMILES string of the molecule is C[C@@H](C1CCN(c2cccc3c(C4CCC(=O)NC4=O)nn(C)c23)CC1)N1CCN(c2ncc(Cl)c(Nc3ccc4c(c3)c3c(c(=O)n4C)OCC(F)(F)[C@H](C4CC4)N3)n2)CC1. The number of benzene rings is 2. The van der Waals surface area contributed by atoms with Crippen LogP contribution >= 0.6 is 11.6 Å². The number of piperazine rings is 1. The van der Waals surface area contributed by atoms with Crippen LogP contribution < -0.4 is 36.0 Å². The van der Waals surface area contributed by atoms with Gasteiger partial charge in [-0.2, -0.15) is 10.1 Å². The summed E-state index contributed by atoms with van der Waals surface area (Å²) in [5.41, 5.74) is 3.86. The number of ether oxygens (including phenoxy) is 1. The zero-order valence-corrected chi connectivity index (χ0v) is 35.7. The van der Waals surface area contributed by atoms with Gasteiger partial charge in [-0.15, -0.1) is 0 Å². The lowest BCUT2D eigenvalue weighted by molar-refractivity contribution is -0.134. The molecule has 3 saturated heterocycles. The van der Waals surface area contributed by atoms with Crippen molar-refractivity contribution in [2.75, 3.05) is 66.3 Å². The van der Waals surface area contributed by atoms with Gasteiger partial charge in [0.15, 0.2) is 12.4 Å². The molecule has 62 heavy (non-hydrogen) atoms. The van der Waals surface area contributed by atoms with Crippen LogP contribution in [0.3, 0.4) is 0 Å². The Kier molecular flexibility index (Phi) is 10.2. The molecule has 0 radical (unpaired) electrons. The number of nitrogens with zero attached hydrogens (tertiary/aromatic N) is 8. The van der Waals surface area contributed by atoms with E-state index in [1.807, 2.05) is 23.9 Å². The van der Waals surface area contributed by atoms with Gasteiger partial charge in [0.25, 0.3) is 5.56 Å². The van der Waals surface area contributed by atoms with Gasteiger partial charge in [0.1, 0.15) is 5.02 Å². The number of halogens is 3. The predicted octanol–water partition coefficient (Wildman–Crippen LogP) is 5.78. The van der Waals surface area contributed by atoms with Crippen LogP contribution in [0.25, 0.3) is 21.8 Å². The van der Waals surface area contributed by atoms with Crippen molar-refractivity contribution in [3.8, 4) is 5.75 Å². The van der Waals surface area contributed by atoms with Gasteiger partial charge in [0.2, 0.25) is 23.5 Å². The van der Waals surface area contributed by atoms with Crippen LogP contribution in [-0.2, 0) is 23.7 Å². The average molecular weight is 870 g/mol. The molecular formula is C44H50ClF2N11O4. The fourth-order valence-electron chi connectivity index (χ4n) is 10.1. The summed E-state index contributed by atoms with van der Waals surface area (Å²) in [5.74, 6) is -2.87. The molecule has 3 N–H and O–H groups in total. The van der Waals surface area contributed by atoms with Crippen molar-refractivity contribution in [3.63, 3.8) is 0 Å². The maximum Gasteiger partial charge on any atom is 0.301 e. The maximum atomic E-state index is 15.2. The number of fused-ring (bicyclic) bond motifs is 4. The summed E-state index contributed by atoms with van der Waals surface area (Å²) < 4.78 is 39.2. The molecule has 5 aromatic rings. The van der Waals surface area contributed by atoms with Gasteiger partial charge in [0.05, 0.1) is 46.3 Å². The zero-order valence-electron chi connectivity index (χ0n) is 35.0. The Bertz CT molecular complexity index is 2650. The number of para-hydroxylation sites is 1. The minimum Gasteiger partial charge on any atom is -0.480 e. The van der Waals surface area contributed by atoms with Gasteiger partial charge in [-0.25, -0.2) is 13.8 Å². The summed E-state index contributed by atoms with van der Waals surface area (Å²) >= 11 is 6.65. The van der Waals surface area contributed by atoms with E-state index in [0.29, 0.717) is 71.0 Å². The first-order valence-corrected chi connectivity index (χ1v) is 22.0. The molecule has 18 heteroatoms. The largest absolute Gasteiger partial charge is 0.480 e. The Labute approximate surface area is 361 Å². The highest BCUT2D eigenvalue weighted by Crippen LogP contribution is 2.46. The van der Waals surface area contributed by atoms with Gasteiger partial charge in [0, 0.05) is 82.3 Å². The van der Waals surface area contributed by atoms with E-state index in [1.165, 1.54) is 4.57 Å². The number of anilines is 5. The number of alkyl halides is 2. The Morgan fingerprint density at radius 2 is 1.73 bits per heavy atom. The Morgan fingerprint density at radius 1 is 0.952 bits per heavy atom. The Morgan fingerprint density at radius 3 is 2.47 bits per heavy atom. The Balaban J connectivity index is 0.790. The molecule has 4 aliphatic heterocycles. The molecule has 1 aliphatic carbocycles. The van der Waals surface area contributed by atoms with Gasteiger partial charge < -0.3 is 29.7 Å². The first-order valence-electron chi connectivity index (χ1n) is 21.6. The van der Waals surface area contributed by atoms with E-state index in [-0.39, 0.29) is 29.2 Å². The van der Waals surface area contributed by atoms with E-state index in [4.69, 9.17) is 26.4 Å². The third kappa shape index (κ3) is 7.25. The first-order chi connectivity index (χ1) is 29.8. The third-order valence-electron chi connectivity index (χ3n) is 13.8. The van der Waals surface area contributed by atoms with Crippen molar-refractivity contribution in [1.82, 2.24) is 34.5 Å². The number of aryl methyl sites for hydroxylation is 2. The highest BCUT2D eigenvalue weighted by Gasteiger charge is 2.51. The van der Waals surface area contributed by atoms with Crippen molar-refractivity contribution in [2.45, 2.75) is 69.4 Å². The molecule has 3 atom stereocenters. The van der Waals surface area contributed by atoms with Crippen molar-refractivity contribution in [1.29, 1.82) is 0 Å². The number of rotatable bonds is 8. The summed E-state index contributed by atoms with van der Waals surface area (Å²) in [5, 5.41) is 15.5. The number of hydrogen-bond acceptors (Lipinski definition) is 12. The smallest absolute Gasteiger partial charge is 0.301 e. The fraction of sp³-hybridized carbons (Fsp3) is 0.500. The molecule has 0 spiro atoms. The minimum atomic E-state index is -3.13. The number of piperidine rings is 2. The normalized spacial score (nSPS) is 22.8. The van der Waals surface area contributed by atoms with E-state index in [0.717, 1.165) is 74.4 Å². The number of pyridine rings is 1. The molecule has 7 heterocycles. The lowest BCUT2D eigenvalue weighted by atomic mass is 9.88. The summed E-state index contributed by atoms with van der Waals surface area (Å²) in [4.78, 5) is 54.4. The van der Waals surface area contributed by atoms with E-state index in [2.05, 4.69) is 48.6 Å². The van der Waals surface area contributed by atoms with Crippen LogP contribution in [-0.4, -0.2) is 105 Å². The van der Waals surface area contributed by atoms with Crippen LogP contribution in [0.2, 0.25) is 5.02 Å². The lowest BCUT2D eigenvalue weighted by Crippen LogP contribution is -2.53. The van der Waals surface area contributed by atoms with Crippen molar-refractivity contribution >= 4 is 74.0 Å². The number of carbonyl (C=O) groups is 2. The number of carbonyl (C=O) groups excluding carboxylic acids is 2. The summed E-state index contributed by atoms with van der Waals surface area (Å²) in [6.07, 6.45) is 5.87. The van der Waals surface area contributed by atoms with E-state index in [9.17, 15) is 14.4 Å². The second-order valence-electron chi connectivity index (χ2n) is 17.6. The van der Waals surface area contributed by atoms with Crippen LogP contribution in [0.5, 0.6) is 5.75 Å². The molecule has 10 rings (SSSR count). The molecule has 4 fully saturated rings. The minimum absolute atomic E-state index is 0.108. The average Bonchev–Trinajstić information content (AvgIpc) is 4.07. The molecule has 326 valence electrons. The molecule has 3 aromatic heterocycles. The van der Waals surface area contributed by atoms with Crippen LogP contribution in [0.15, 0.2) is 47.4 Å². The fourth-order valence-corrected chi connectivity index (χ4v) is 10.2. The van der Waals surface area contributed by atoms with E-state index >= 15 is 8.78 Å². The number of aromatic nitrogens is 5. The van der Waals surface area contributed by atoms with E-state index < -0.39 is 30.0 Å². The van der Waals surface area contributed by atoms with E-state index in [1.54, 1.807) is 31.4 Å². The number of hydrogen-bond donors (Lipinski definition) is 3. The van der Waals surface area contributed by atoms with Crippen molar-refractivity contribution < 1.29 is 23.1 Å². The lowest BCUT2D eigenvalue weighted by Gasteiger charge is -2.43. The van der Waals surface area contributed by atoms with Crippen LogP contribution in [0.1, 0.15) is 57.1 Å². The molecule has 5 aliphatic rings. The number of nitrogens with one attached hydrogen (secondary N) is 3. The van der Waals surface area contributed by atoms with Crippen LogP contribution in [0.4, 0.5) is 37.6 Å². The van der Waals surface area contributed by atoms with Crippen LogP contribution in [0, 0.1) is 11.8 Å². The molecular weight excluding hydrogens is 820 g/mol. The highest BCUT2D eigenvalue weighted by atomic mass is 35.5. The number of imide groups is 1. The van der Waals surface area contributed by atoms with Gasteiger partial charge in [-0.1, -0.05) is 23.7 Å². The molecule has 15 nitrogen and oxygen atoms in total. The first kappa shape index (κ1) is 40.5. The molecule has 0 bridgehead atoms. The molecule has 2 amide bonds. The summed E-state index contributed by atoms with van der Waals surface area (Å²) in [6.45, 7) is 6.53. The quantitative estimate of drug-likeness (QED) is 0.162. The molecule has 2 aromatic carbocycles. The Hall–Kier alpha value is -5.55. The van der Waals surface area contributed by atoms with Gasteiger partial charge >= 0.3 is 5.92 Å². The summed E-state index contributed by atoms with van der Waals surface area (Å²) in [6, 6.07) is 10.9. The second kappa shape index (κ2) is 15.7. The highest BCUT2D eigenvalue weighted by molar-refractivity contribution is 6.33. The predicted molar refractivity (Wildman–Crippen MR) is 234 cm³/mol. The standard InChI is InChI=1S/C44H50ClF2N11O4/c1-24(25-13-15-57(16-14-25)33-6-4-5-28-35(53-55(3)37(28)33)29-10-12-34(59)50-41(29)60)56-17-19-58(20-18-56)43-48-22-31(45)40(52-43)49-27-9-11-32-30(21-27)36-38(42(61)54(32)2)62-23-44(46,47)39(51-36)26-7-8-26/h4-6,9,11,21-22,24-26,29,39,51H,7-8,10,12-20,23H2,1-3H3,(H,48,49,52)(H,50,59,60)/t24-,29?,39-/m0/s1. The second-order valence-corrected chi connectivity index (χ2v) is 18.0. The summed E-state index contributed by atoms with van der Waals surface area (Å²) in [7, 11) is 3.53. The van der Waals surface area contributed by atoms with Gasteiger partial charge in [-0.05, 0) is 75.1 Å². The topological polar surface area (TPSA) is 155 Å². The third-order valence-corrected chi connectivity index (χ3v) is 14.1. The van der Waals surface area contributed by atoms with Crippen molar-refractivity contribution in [3.05, 3.63) is 63.7 Å². The number of amides is 2. The molecule has 1 saturated carbocycles. The van der Waals surface area contributed by atoms with Crippen molar-refractivity contribution in [2.24, 2.45) is 25.9 Å². The monoisotopic (exact) mass is 869 g/mol. The van der Waals surface area contributed by atoms with Gasteiger partial charge in [-0.3, -0.25) is 29.3 Å². The zero-order chi connectivity index (χ0) is 43.0. The maximum absolute atomic E-state index is 15.2. The molecule has 1 unspecified atom stereocenters.